The largest absolute Gasteiger partial charge is 0.372 e. The Balaban J connectivity index is 0. The molecule has 0 saturated heterocycles. The summed E-state index contributed by atoms with van der Waals surface area (Å²) in [7, 11) is 2.82. The molecule has 3 heteroatoms. The Morgan fingerprint density at radius 1 is 0.895 bits per heavy atom. The quantitative estimate of drug-likeness (QED) is 0.402. The van der Waals surface area contributed by atoms with Crippen molar-refractivity contribution in [2.75, 3.05) is 6.16 Å². The molecule has 0 aliphatic heterocycles. The van der Waals surface area contributed by atoms with E-state index in [9.17, 15) is 0 Å². The van der Waals surface area contributed by atoms with Crippen molar-refractivity contribution in [1.82, 2.24) is 0 Å². The predicted octanol–water partition coefficient (Wildman–Crippen LogP) is 6.00. The first kappa shape index (κ1) is 22.0. The number of unbranched alkanes of at least 4 members (excludes halogenated alkanes) is 3. The van der Waals surface area contributed by atoms with E-state index in [1.807, 2.05) is 0 Å². The van der Waals surface area contributed by atoms with Crippen molar-refractivity contribution in [2.24, 2.45) is 0 Å². The van der Waals surface area contributed by atoms with Crippen LogP contribution < -0.4 is 0 Å². The molecule has 0 aromatic heterocycles. The molecule has 0 saturated carbocycles. The Hall–Kier alpha value is 0.680. The molecule has 2 unspecified atom stereocenters. The highest BCUT2D eigenvalue weighted by atomic mass is 35.5. The second-order valence-electron chi connectivity index (χ2n) is 5.66. The fraction of sp³-hybridized carbons (Fsp3) is 1.00. The lowest BCUT2D eigenvalue weighted by molar-refractivity contribution is -0.0971. The van der Waals surface area contributed by atoms with Gasteiger partial charge in [0.15, 0.2) is 0 Å². The highest BCUT2D eigenvalue weighted by molar-refractivity contribution is 7.16. The number of hydrogen-bond acceptors (Lipinski definition) is 1. The average molecular weight is 311 g/mol. The summed E-state index contributed by atoms with van der Waals surface area (Å²) in [6.45, 7) is 9.06. The van der Waals surface area contributed by atoms with E-state index in [0.29, 0.717) is 6.10 Å². The maximum Gasteiger partial charge on any atom is 0.0686 e. The first-order valence-electron chi connectivity index (χ1n) is 8.02. The third-order valence-corrected chi connectivity index (χ3v) is 4.40. The molecule has 0 rings (SSSR count). The van der Waals surface area contributed by atoms with Gasteiger partial charge in [0.2, 0.25) is 0 Å². The van der Waals surface area contributed by atoms with Crippen LogP contribution in [-0.4, -0.2) is 17.9 Å². The van der Waals surface area contributed by atoms with Gasteiger partial charge in [-0.2, -0.15) is 0 Å². The van der Waals surface area contributed by atoms with Crippen molar-refractivity contribution in [3.05, 3.63) is 0 Å². The predicted molar refractivity (Wildman–Crippen MR) is 93.7 cm³/mol. The van der Waals surface area contributed by atoms with Crippen molar-refractivity contribution in [1.29, 1.82) is 0 Å². The monoisotopic (exact) mass is 310 g/mol. The Bertz CT molecular complexity index is 166. The minimum Gasteiger partial charge on any atom is -0.372 e. The number of hydrogen-bond donors (Lipinski definition) is 0. The van der Waals surface area contributed by atoms with Gasteiger partial charge in [-0.3, -0.25) is 0 Å². The molecule has 118 valence electrons. The molecule has 0 N–H and O–H groups in total. The first-order valence-corrected chi connectivity index (χ1v) is 8.83. The molecule has 0 aromatic rings. The highest BCUT2D eigenvalue weighted by Gasteiger charge is 2.30. The summed E-state index contributed by atoms with van der Waals surface area (Å²) < 4.78 is 6.47. The lowest BCUT2D eigenvalue weighted by Gasteiger charge is -2.37. The van der Waals surface area contributed by atoms with Crippen LogP contribution in [-0.2, 0) is 4.74 Å². The molecule has 0 aliphatic carbocycles. The van der Waals surface area contributed by atoms with Gasteiger partial charge < -0.3 is 4.74 Å². The van der Waals surface area contributed by atoms with E-state index < -0.39 is 0 Å². The Morgan fingerprint density at radius 3 is 1.53 bits per heavy atom. The van der Waals surface area contributed by atoms with Crippen LogP contribution in [0.2, 0.25) is 0 Å². The van der Waals surface area contributed by atoms with Crippen LogP contribution in [0.5, 0.6) is 0 Å². The van der Waals surface area contributed by atoms with E-state index in [2.05, 4.69) is 36.9 Å². The summed E-state index contributed by atoms with van der Waals surface area (Å²) >= 11 is 0. The molecule has 0 amide bonds. The Labute approximate surface area is 130 Å². The van der Waals surface area contributed by atoms with Crippen LogP contribution in [0, 0.1) is 0 Å². The zero-order chi connectivity index (χ0) is 13.9. The van der Waals surface area contributed by atoms with E-state index in [0.717, 1.165) is 6.16 Å². The minimum atomic E-state index is 0. The van der Waals surface area contributed by atoms with Crippen molar-refractivity contribution in [2.45, 2.75) is 97.2 Å². The summed E-state index contributed by atoms with van der Waals surface area (Å²) in [6.07, 6.45) is 12.9. The molecule has 0 heterocycles. The molecule has 2 atom stereocenters. The van der Waals surface area contributed by atoms with Gasteiger partial charge in [-0.1, -0.05) is 59.3 Å². The summed E-state index contributed by atoms with van der Waals surface area (Å²) in [5, 5.41) is 0. The summed E-state index contributed by atoms with van der Waals surface area (Å²) in [6, 6.07) is 0. The van der Waals surface area contributed by atoms with Crippen LogP contribution in [0.4, 0.5) is 0 Å². The summed E-state index contributed by atoms with van der Waals surface area (Å²) in [5.74, 6) is 0. The van der Waals surface area contributed by atoms with Gasteiger partial charge in [0.1, 0.15) is 0 Å². The van der Waals surface area contributed by atoms with Crippen LogP contribution in [0.1, 0.15) is 85.5 Å². The van der Waals surface area contributed by atoms with Crippen LogP contribution in [0.3, 0.4) is 0 Å². The van der Waals surface area contributed by atoms with Gasteiger partial charge in [0.25, 0.3) is 0 Å². The van der Waals surface area contributed by atoms with Crippen LogP contribution >= 0.6 is 21.6 Å². The van der Waals surface area contributed by atoms with Crippen molar-refractivity contribution < 1.29 is 4.74 Å². The lowest BCUT2D eigenvalue weighted by Crippen LogP contribution is -2.36. The fourth-order valence-electron chi connectivity index (χ4n) is 2.52. The van der Waals surface area contributed by atoms with E-state index >= 15 is 0 Å². The third-order valence-electron chi connectivity index (χ3n) is 3.74. The topological polar surface area (TPSA) is 9.23 Å². The maximum atomic E-state index is 6.47. The van der Waals surface area contributed by atoms with Gasteiger partial charge in [-0.25, -0.2) is 0 Å². The molecule has 19 heavy (non-hydrogen) atoms. The van der Waals surface area contributed by atoms with Crippen LogP contribution in [0.15, 0.2) is 0 Å². The Kier molecular flexibility index (Phi) is 15.8. The SMILES string of the molecule is CCCCC(CCCC)(CCCC)OC(C)CP.Cl. The van der Waals surface area contributed by atoms with Gasteiger partial charge in [-0.05, 0) is 32.3 Å². The van der Waals surface area contributed by atoms with E-state index in [4.69, 9.17) is 4.74 Å². The zero-order valence-electron chi connectivity index (χ0n) is 13.5. The highest BCUT2D eigenvalue weighted by Crippen LogP contribution is 2.33. The average Bonchev–Trinajstić information content (AvgIpc) is 2.40. The second-order valence-corrected chi connectivity index (χ2v) is 6.13. The van der Waals surface area contributed by atoms with Crippen molar-refractivity contribution >= 4 is 21.6 Å². The first-order chi connectivity index (χ1) is 8.64. The normalized spacial score (nSPS) is 13.1. The number of ether oxygens (including phenoxy) is 1. The molecule has 0 aliphatic rings. The minimum absolute atomic E-state index is 0. The van der Waals surface area contributed by atoms with Crippen molar-refractivity contribution in [3.63, 3.8) is 0 Å². The van der Waals surface area contributed by atoms with Gasteiger partial charge >= 0.3 is 0 Å². The van der Waals surface area contributed by atoms with Gasteiger partial charge in [0, 0.05) is 0 Å². The third kappa shape index (κ3) is 10.1. The standard InChI is InChI=1S/C16H35OP.ClH/c1-5-8-11-16(12-9-6-2,13-10-7-3)17-15(4)14-18;/h15H,5-14,18H2,1-4H3;1H. The molecular weight excluding hydrogens is 275 g/mol. The number of halogens is 1. The summed E-state index contributed by atoms with van der Waals surface area (Å²) in [5.41, 5.74) is 0.165. The van der Waals surface area contributed by atoms with Gasteiger partial charge in [-0.15, -0.1) is 21.6 Å². The Morgan fingerprint density at radius 2 is 1.26 bits per heavy atom. The van der Waals surface area contributed by atoms with Crippen LogP contribution in [0.25, 0.3) is 0 Å². The molecule has 0 bridgehead atoms. The molecule has 0 radical (unpaired) electrons. The van der Waals surface area contributed by atoms with E-state index in [1.165, 1.54) is 57.8 Å². The number of rotatable bonds is 12. The maximum absolute atomic E-state index is 6.47. The van der Waals surface area contributed by atoms with Gasteiger partial charge in [0.05, 0.1) is 11.7 Å². The molecule has 0 fully saturated rings. The van der Waals surface area contributed by atoms with Crippen molar-refractivity contribution in [3.8, 4) is 0 Å². The molecular formula is C16H36ClOP. The fourth-order valence-corrected chi connectivity index (χ4v) is 2.62. The molecule has 0 spiro atoms. The van der Waals surface area contributed by atoms with E-state index in [1.54, 1.807) is 0 Å². The summed E-state index contributed by atoms with van der Waals surface area (Å²) in [4.78, 5) is 0. The lowest BCUT2D eigenvalue weighted by atomic mass is 9.85. The molecule has 0 aromatic carbocycles. The zero-order valence-corrected chi connectivity index (χ0v) is 15.5. The molecule has 1 nitrogen and oxygen atoms in total. The van der Waals surface area contributed by atoms with E-state index in [-0.39, 0.29) is 18.0 Å². The second kappa shape index (κ2) is 13.7. The smallest absolute Gasteiger partial charge is 0.0686 e.